The van der Waals surface area contributed by atoms with Crippen molar-refractivity contribution < 1.29 is 18.4 Å². The second kappa shape index (κ2) is 8.82. The van der Waals surface area contributed by atoms with E-state index in [4.69, 9.17) is 0 Å². The third-order valence-corrected chi connectivity index (χ3v) is 4.88. The topological polar surface area (TPSA) is 43.9 Å². The summed E-state index contributed by atoms with van der Waals surface area (Å²) < 4.78 is 27.1. The minimum absolute atomic E-state index is 0.0180. The largest absolute Gasteiger partial charge is 0.368 e. The van der Waals surface area contributed by atoms with Gasteiger partial charge in [-0.2, -0.15) is 0 Å². The van der Waals surface area contributed by atoms with Gasteiger partial charge in [-0.15, -0.1) is 0 Å². The number of hydrogen-bond donors (Lipinski definition) is 0. The molecule has 1 saturated heterocycles. The van der Waals surface area contributed by atoms with Gasteiger partial charge in [-0.3, -0.25) is 9.59 Å². The summed E-state index contributed by atoms with van der Waals surface area (Å²) in [5.41, 5.74) is 1.11. The molecule has 1 aliphatic rings. The Morgan fingerprint density at radius 1 is 1.00 bits per heavy atom. The van der Waals surface area contributed by atoms with Crippen LogP contribution in [0.3, 0.4) is 0 Å². The summed E-state index contributed by atoms with van der Waals surface area (Å²) in [6, 6.07) is 13.1. The lowest BCUT2D eigenvalue weighted by atomic mass is 10.2. The molecule has 2 aromatic rings. The molecule has 2 aromatic carbocycles. The van der Waals surface area contributed by atoms with E-state index < -0.39 is 17.5 Å². The van der Waals surface area contributed by atoms with Crippen LogP contribution in [-0.2, 0) is 9.59 Å². The predicted molar refractivity (Wildman–Crippen MR) is 104 cm³/mol. The number of hydrogen-bond acceptors (Lipinski definition) is 3. The molecule has 0 N–H and O–H groups in total. The molecule has 7 heteroatoms. The zero-order valence-electron chi connectivity index (χ0n) is 15.8. The Morgan fingerprint density at radius 2 is 1.68 bits per heavy atom. The van der Waals surface area contributed by atoms with E-state index in [0.717, 1.165) is 30.9 Å². The Bertz CT molecular complexity index is 837. The third-order valence-electron chi connectivity index (χ3n) is 4.88. The zero-order chi connectivity index (χ0) is 20.1. The van der Waals surface area contributed by atoms with Gasteiger partial charge in [0.1, 0.15) is 11.6 Å². The Labute approximate surface area is 163 Å². The minimum Gasteiger partial charge on any atom is -0.368 e. The minimum atomic E-state index is -0.820. The first kappa shape index (κ1) is 19.8. The van der Waals surface area contributed by atoms with Crippen LogP contribution in [0.4, 0.5) is 20.2 Å². The van der Waals surface area contributed by atoms with Crippen LogP contribution in [0.5, 0.6) is 0 Å². The molecule has 1 fully saturated rings. The van der Waals surface area contributed by atoms with Crippen molar-refractivity contribution in [2.45, 2.75) is 13.3 Å². The summed E-state index contributed by atoms with van der Waals surface area (Å²) in [6.45, 7) is 4.01. The smallest absolute Gasteiger partial charge is 0.224 e. The molecule has 0 aromatic heterocycles. The lowest BCUT2D eigenvalue weighted by molar-refractivity contribution is -0.131. The van der Waals surface area contributed by atoms with Crippen molar-refractivity contribution in [2.24, 2.45) is 0 Å². The van der Waals surface area contributed by atoms with Crippen LogP contribution in [0.25, 0.3) is 0 Å². The number of nitrogens with zero attached hydrogens (tertiary/aromatic N) is 3. The molecule has 148 valence electrons. The molecule has 2 amide bonds. The van der Waals surface area contributed by atoms with Gasteiger partial charge < -0.3 is 14.7 Å². The fourth-order valence-electron chi connectivity index (χ4n) is 3.37. The molecular weight excluding hydrogens is 364 g/mol. The van der Waals surface area contributed by atoms with Gasteiger partial charge in [0.25, 0.3) is 0 Å². The highest BCUT2D eigenvalue weighted by Crippen LogP contribution is 2.21. The average Bonchev–Trinajstić information content (AvgIpc) is 2.70. The average molecular weight is 387 g/mol. The number of carbonyl (C=O) groups is 2. The van der Waals surface area contributed by atoms with Crippen molar-refractivity contribution in [2.75, 3.05) is 42.5 Å². The SMILES string of the molecule is CC(=O)N(CCC(=O)N1CCN(c2ccccc2)CC1)c1ccc(F)cc1F. The molecule has 0 saturated carbocycles. The van der Waals surface area contributed by atoms with Crippen molar-refractivity contribution in [3.05, 3.63) is 60.2 Å². The molecule has 28 heavy (non-hydrogen) atoms. The number of para-hydroxylation sites is 1. The van der Waals surface area contributed by atoms with Crippen LogP contribution in [-0.4, -0.2) is 49.4 Å². The van der Waals surface area contributed by atoms with E-state index in [9.17, 15) is 18.4 Å². The molecule has 5 nitrogen and oxygen atoms in total. The second-order valence-corrected chi connectivity index (χ2v) is 6.72. The molecule has 0 radical (unpaired) electrons. The number of halogens is 2. The summed E-state index contributed by atoms with van der Waals surface area (Å²) in [5, 5.41) is 0. The van der Waals surface area contributed by atoms with E-state index in [0.29, 0.717) is 13.1 Å². The Kier molecular flexibility index (Phi) is 6.23. The number of amides is 2. The first-order chi connectivity index (χ1) is 13.5. The van der Waals surface area contributed by atoms with Gasteiger partial charge >= 0.3 is 0 Å². The van der Waals surface area contributed by atoms with Crippen LogP contribution in [0.2, 0.25) is 0 Å². The van der Waals surface area contributed by atoms with E-state index in [1.807, 2.05) is 30.3 Å². The second-order valence-electron chi connectivity index (χ2n) is 6.72. The van der Waals surface area contributed by atoms with Gasteiger partial charge in [-0.25, -0.2) is 8.78 Å². The summed E-state index contributed by atoms with van der Waals surface area (Å²) in [5.74, 6) is -2.01. The number of piperazine rings is 1. The molecule has 0 atom stereocenters. The van der Waals surface area contributed by atoms with Crippen molar-refractivity contribution >= 4 is 23.2 Å². The first-order valence-electron chi connectivity index (χ1n) is 9.26. The highest BCUT2D eigenvalue weighted by molar-refractivity contribution is 5.92. The molecule has 1 heterocycles. The van der Waals surface area contributed by atoms with Crippen molar-refractivity contribution in [3.8, 4) is 0 Å². The fourth-order valence-corrected chi connectivity index (χ4v) is 3.37. The van der Waals surface area contributed by atoms with Crippen LogP contribution >= 0.6 is 0 Å². The Balaban J connectivity index is 1.56. The maximum Gasteiger partial charge on any atom is 0.224 e. The molecular formula is C21H23F2N3O2. The van der Waals surface area contributed by atoms with E-state index in [-0.39, 0.29) is 24.6 Å². The Morgan fingerprint density at radius 3 is 2.29 bits per heavy atom. The van der Waals surface area contributed by atoms with Crippen LogP contribution in [0.1, 0.15) is 13.3 Å². The molecule has 1 aliphatic heterocycles. The van der Waals surface area contributed by atoms with Crippen molar-refractivity contribution in [1.29, 1.82) is 0 Å². The first-order valence-corrected chi connectivity index (χ1v) is 9.26. The molecule has 0 unspecified atom stereocenters. The highest BCUT2D eigenvalue weighted by atomic mass is 19.1. The van der Waals surface area contributed by atoms with E-state index >= 15 is 0 Å². The summed E-state index contributed by atoms with van der Waals surface area (Å²) in [7, 11) is 0. The zero-order valence-corrected chi connectivity index (χ0v) is 15.8. The van der Waals surface area contributed by atoms with E-state index in [2.05, 4.69) is 4.90 Å². The summed E-state index contributed by atoms with van der Waals surface area (Å²) in [6.07, 6.45) is 0.0851. The maximum atomic E-state index is 14.0. The van der Waals surface area contributed by atoms with Gasteiger partial charge in [-0.05, 0) is 24.3 Å². The van der Waals surface area contributed by atoms with Crippen molar-refractivity contribution in [1.82, 2.24) is 4.90 Å². The van der Waals surface area contributed by atoms with Gasteiger partial charge in [0.05, 0.1) is 5.69 Å². The van der Waals surface area contributed by atoms with Gasteiger partial charge in [-0.1, -0.05) is 18.2 Å². The monoisotopic (exact) mass is 387 g/mol. The lowest BCUT2D eigenvalue weighted by Crippen LogP contribution is -2.49. The molecule has 0 spiro atoms. The van der Waals surface area contributed by atoms with Crippen LogP contribution in [0.15, 0.2) is 48.5 Å². The van der Waals surface area contributed by atoms with Crippen LogP contribution < -0.4 is 9.80 Å². The number of carbonyl (C=O) groups excluding carboxylic acids is 2. The van der Waals surface area contributed by atoms with E-state index in [1.54, 1.807) is 4.90 Å². The maximum absolute atomic E-state index is 14.0. The normalized spacial score (nSPS) is 14.1. The number of benzene rings is 2. The Hall–Kier alpha value is -2.96. The van der Waals surface area contributed by atoms with Gasteiger partial charge in [0.2, 0.25) is 11.8 Å². The summed E-state index contributed by atoms with van der Waals surface area (Å²) in [4.78, 5) is 29.6. The highest BCUT2D eigenvalue weighted by Gasteiger charge is 2.23. The van der Waals surface area contributed by atoms with Gasteiger partial charge in [0, 0.05) is 57.8 Å². The number of anilines is 2. The molecule has 0 bridgehead atoms. The third kappa shape index (κ3) is 4.65. The standard InChI is InChI=1S/C21H23F2N3O2/c1-16(27)26(20-8-7-17(22)15-19(20)23)10-9-21(28)25-13-11-24(12-14-25)18-5-3-2-4-6-18/h2-8,15H,9-14H2,1H3. The lowest BCUT2D eigenvalue weighted by Gasteiger charge is -2.36. The fraction of sp³-hybridized carbons (Fsp3) is 0.333. The van der Waals surface area contributed by atoms with Crippen LogP contribution in [0, 0.1) is 11.6 Å². The molecule has 0 aliphatic carbocycles. The van der Waals surface area contributed by atoms with Gasteiger partial charge in [0.15, 0.2) is 0 Å². The predicted octanol–water partition coefficient (Wildman–Crippen LogP) is 3.06. The molecule has 3 rings (SSSR count). The number of rotatable bonds is 5. The summed E-state index contributed by atoms with van der Waals surface area (Å²) >= 11 is 0. The van der Waals surface area contributed by atoms with Crippen molar-refractivity contribution in [3.63, 3.8) is 0 Å². The quantitative estimate of drug-likeness (QED) is 0.792. The van der Waals surface area contributed by atoms with E-state index in [1.165, 1.54) is 17.9 Å².